The van der Waals surface area contributed by atoms with Crippen molar-refractivity contribution in [2.75, 3.05) is 18.5 Å². The lowest BCUT2D eigenvalue weighted by atomic mass is 9.97. The van der Waals surface area contributed by atoms with E-state index in [9.17, 15) is 9.50 Å². The monoisotopic (exact) mass is 264 g/mol. The quantitative estimate of drug-likeness (QED) is 0.875. The van der Waals surface area contributed by atoms with Crippen LogP contribution in [-0.2, 0) is 0 Å². The van der Waals surface area contributed by atoms with Crippen molar-refractivity contribution in [3.63, 3.8) is 0 Å². The van der Waals surface area contributed by atoms with E-state index in [1.165, 1.54) is 25.0 Å². The molecule has 0 aromatic heterocycles. The Hall–Kier alpha value is -1.13. The van der Waals surface area contributed by atoms with Gasteiger partial charge in [0, 0.05) is 24.3 Å². The molecular formula is C15H21FN2O. The standard InChI is InChI=1S/C15H21FN2O/c1-11-8-15(10-19,9-18(11)14-6-7-14)17-13-4-2-12(16)3-5-13/h2-5,11,14,17,19H,6-10H2,1H3. The molecule has 2 atom stereocenters. The van der Waals surface area contributed by atoms with E-state index in [-0.39, 0.29) is 18.0 Å². The van der Waals surface area contributed by atoms with Crippen LogP contribution in [-0.4, -0.2) is 40.8 Å². The molecule has 104 valence electrons. The molecule has 0 bridgehead atoms. The number of benzene rings is 1. The van der Waals surface area contributed by atoms with Crippen molar-refractivity contribution in [3.8, 4) is 0 Å². The molecular weight excluding hydrogens is 243 g/mol. The second-order valence-corrected chi connectivity index (χ2v) is 6.03. The number of rotatable bonds is 4. The maximum atomic E-state index is 12.9. The van der Waals surface area contributed by atoms with Gasteiger partial charge in [-0.1, -0.05) is 0 Å². The average molecular weight is 264 g/mol. The van der Waals surface area contributed by atoms with Crippen molar-refractivity contribution in [3.05, 3.63) is 30.1 Å². The number of nitrogens with zero attached hydrogens (tertiary/aromatic N) is 1. The van der Waals surface area contributed by atoms with Gasteiger partial charge in [-0.05, 0) is 50.5 Å². The molecule has 0 spiro atoms. The zero-order chi connectivity index (χ0) is 13.5. The van der Waals surface area contributed by atoms with Crippen LogP contribution in [0.3, 0.4) is 0 Å². The molecule has 0 amide bonds. The summed E-state index contributed by atoms with van der Waals surface area (Å²) in [6.45, 7) is 3.20. The van der Waals surface area contributed by atoms with Crippen molar-refractivity contribution in [2.24, 2.45) is 0 Å². The lowest BCUT2D eigenvalue weighted by Crippen LogP contribution is -2.45. The predicted molar refractivity (Wildman–Crippen MR) is 73.6 cm³/mol. The Morgan fingerprint density at radius 1 is 1.37 bits per heavy atom. The normalized spacial score (nSPS) is 31.6. The molecule has 0 radical (unpaired) electrons. The maximum Gasteiger partial charge on any atom is 0.123 e. The van der Waals surface area contributed by atoms with Gasteiger partial charge in [0.15, 0.2) is 0 Å². The molecule has 19 heavy (non-hydrogen) atoms. The topological polar surface area (TPSA) is 35.5 Å². The summed E-state index contributed by atoms with van der Waals surface area (Å²) in [6.07, 6.45) is 3.49. The van der Waals surface area contributed by atoms with Crippen molar-refractivity contribution >= 4 is 5.69 Å². The fourth-order valence-corrected chi connectivity index (χ4v) is 3.23. The van der Waals surface area contributed by atoms with Crippen molar-refractivity contribution in [2.45, 2.75) is 43.8 Å². The van der Waals surface area contributed by atoms with Gasteiger partial charge >= 0.3 is 0 Å². The Morgan fingerprint density at radius 2 is 2.05 bits per heavy atom. The third-order valence-electron chi connectivity index (χ3n) is 4.31. The molecule has 1 aliphatic carbocycles. The van der Waals surface area contributed by atoms with Crippen LogP contribution < -0.4 is 5.32 Å². The highest BCUT2D eigenvalue weighted by Gasteiger charge is 2.46. The van der Waals surface area contributed by atoms with E-state index in [2.05, 4.69) is 17.1 Å². The summed E-state index contributed by atoms with van der Waals surface area (Å²) in [4.78, 5) is 2.49. The number of hydrogen-bond donors (Lipinski definition) is 2. The molecule has 3 rings (SSSR count). The van der Waals surface area contributed by atoms with Crippen LogP contribution in [0.2, 0.25) is 0 Å². The van der Waals surface area contributed by atoms with Gasteiger partial charge in [-0.15, -0.1) is 0 Å². The first kappa shape index (κ1) is 12.9. The SMILES string of the molecule is CC1CC(CO)(Nc2ccc(F)cc2)CN1C1CC1. The molecule has 1 aliphatic heterocycles. The first-order valence-corrected chi connectivity index (χ1v) is 7.02. The summed E-state index contributed by atoms with van der Waals surface area (Å²) in [5.74, 6) is -0.233. The Balaban J connectivity index is 1.74. The summed E-state index contributed by atoms with van der Waals surface area (Å²) < 4.78 is 12.9. The predicted octanol–water partition coefficient (Wildman–Crippen LogP) is 2.23. The van der Waals surface area contributed by atoms with Crippen molar-refractivity contribution < 1.29 is 9.50 Å². The van der Waals surface area contributed by atoms with E-state index < -0.39 is 0 Å². The van der Waals surface area contributed by atoms with Crippen LogP contribution in [0.15, 0.2) is 24.3 Å². The molecule has 2 unspecified atom stereocenters. The van der Waals surface area contributed by atoms with E-state index in [0.29, 0.717) is 12.1 Å². The van der Waals surface area contributed by atoms with E-state index in [4.69, 9.17) is 0 Å². The number of aliphatic hydroxyl groups is 1. The van der Waals surface area contributed by atoms with Gasteiger partial charge in [0.05, 0.1) is 12.1 Å². The Morgan fingerprint density at radius 3 is 2.63 bits per heavy atom. The van der Waals surface area contributed by atoms with Gasteiger partial charge in [0.2, 0.25) is 0 Å². The third-order valence-corrected chi connectivity index (χ3v) is 4.31. The Labute approximate surface area is 113 Å². The van der Waals surface area contributed by atoms with Crippen LogP contribution in [0, 0.1) is 5.82 Å². The van der Waals surface area contributed by atoms with E-state index in [1.807, 2.05) is 0 Å². The summed E-state index contributed by atoms with van der Waals surface area (Å²) in [5, 5.41) is 13.2. The summed E-state index contributed by atoms with van der Waals surface area (Å²) in [7, 11) is 0. The minimum absolute atomic E-state index is 0.109. The highest BCUT2D eigenvalue weighted by Crippen LogP contribution is 2.38. The minimum Gasteiger partial charge on any atom is -0.394 e. The second kappa shape index (κ2) is 4.76. The maximum absolute atomic E-state index is 12.9. The molecule has 1 aromatic carbocycles. The smallest absolute Gasteiger partial charge is 0.123 e. The van der Waals surface area contributed by atoms with Gasteiger partial charge in [0.25, 0.3) is 0 Å². The highest BCUT2D eigenvalue weighted by molar-refractivity contribution is 5.46. The fourth-order valence-electron chi connectivity index (χ4n) is 3.23. The van der Waals surface area contributed by atoms with Gasteiger partial charge in [-0.25, -0.2) is 4.39 Å². The average Bonchev–Trinajstić information content (AvgIpc) is 3.18. The van der Waals surface area contributed by atoms with Crippen molar-refractivity contribution in [1.29, 1.82) is 0 Å². The molecule has 2 aliphatic rings. The summed E-state index contributed by atoms with van der Waals surface area (Å²) in [6, 6.07) is 7.56. The molecule has 4 heteroatoms. The minimum atomic E-state index is -0.292. The molecule has 1 heterocycles. The van der Waals surface area contributed by atoms with Crippen LogP contribution in [0.4, 0.5) is 10.1 Å². The number of halogens is 1. The number of hydrogen-bond acceptors (Lipinski definition) is 3. The number of anilines is 1. The lowest BCUT2D eigenvalue weighted by Gasteiger charge is -2.30. The number of nitrogens with one attached hydrogen (secondary N) is 1. The molecule has 1 aromatic rings. The molecule has 3 nitrogen and oxygen atoms in total. The van der Waals surface area contributed by atoms with E-state index >= 15 is 0 Å². The van der Waals surface area contributed by atoms with Crippen LogP contribution in [0.5, 0.6) is 0 Å². The second-order valence-electron chi connectivity index (χ2n) is 6.03. The van der Waals surface area contributed by atoms with Crippen LogP contribution in [0.25, 0.3) is 0 Å². The molecule has 1 saturated heterocycles. The number of aliphatic hydroxyl groups excluding tert-OH is 1. The summed E-state index contributed by atoms with van der Waals surface area (Å²) >= 11 is 0. The van der Waals surface area contributed by atoms with E-state index in [0.717, 1.165) is 18.7 Å². The molecule has 2 fully saturated rings. The zero-order valence-electron chi connectivity index (χ0n) is 11.3. The molecule has 2 N–H and O–H groups in total. The van der Waals surface area contributed by atoms with Gasteiger partial charge in [-0.2, -0.15) is 0 Å². The summed E-state index contributed by atoms with van der Waals surface area (Å²) in [5.41, 5.74) is 0.583. The lowest BCUT2D eigenvalue weighted by molar-refractivity contribution is 0.201. The Bertz CT molecular complexity index is 446. The number of likely N-dealkylation sites (tertiary alicyclic amines) is 1. The zero-order valence-corrected chi connectivity index (χ0v) is 11.3. The highest BCUT2D eigenvalue weighted by atomic mass is 19.1. The van der Waals surface area contributed by atoms with Gasteiger partial charge < -0.3 is 10.4 Å². The largest absolute Gasteiger partial charge is 0.394 e. The fraction of sp³-hybridized carbons (Fsp3) is 0.600. The Kier molecular flexibility index (Phi) is 3.23. The third kappa shape index (κ3) is 2.60. The van der Waals surface area contributed by atoms with Gasteiger partial charge in [-0.3, -0.25) is 4.90 Å². The first-order valence-electron chi connectivity index (χ1n) is 7.02. The van der Waals surface area contributed by atoms with E-state index in [1.54, 1.807) is 12.1 Å². The van der Waals surface area contributed by atoms with Crippen molar-refractivity contribution in [1.82, 2.24) is 4.90 Å². The van der Waals surface area contributed by atoms with Gasteiger partial charge in [0.1, 0.15) is 5.82 Å². The first-order chi connectivity index (χ1) is 9.12. The van der Waals surface area contributed by atoms with Crippen LogP contribution in [0.1, 0.15) is 26.2 Å². The van der Waals surface area contributed by atoms with Crippen LogP contribution >= 0.6 is 0 Å². The molecule has 1 saturated carbocycles.